The lowest BCUT2D eigenvalue weighted by molar-refractivity contribution is -0.543. The minimum atomic E-state index is -0.313. The third-order valence-electron chi connectivity index (χ3n) is 6.23. The van der Waals surface area contributed by atoms with Gasteiger partial charge in [0, 0.05) is 0 Å². The maximum atomic E-state index is 13.2. The van der Waals surface area contributed by atoms with E-state index < -0.39 is 0 Å². The number of thiazole rings is 2. The van der Waals surface area contributed by atoms with Gasteiger partial charge in [0.1, 0.15) is 22.5 Å². The molecule has 178 valence electrons. The highest BCUT2D eigenvalue weighted by Crippen LogP contribution is 2.28. The van der Waals surface area contributed by atoms with E-state index in [-0.39, 0.29) is 34.0 Å². The van der Waals surface area contributed by atoms with Crippen LogP contribution in [-0.2, 0) is 0 Å². The normalized spacial score (nSPS) is 11.5. The third-order valence-corrected chi connectivity index (χ3v) is 8.07. The van der Waals surface area contributed by atoms with Crippen molar-refractivity contribution in [2.24, 2.45) is 0 Å². The first kappa shape index (κ1) is 22.2. The Balaban J connectivity index is 1.72. The minimum Gasteiger partial charge on any atom is -0.477 e. The van der Waals surface area contributed by atoms with Gasteiger partial charge in [-0.25, -0.2) is 9.59 Å². The monoisotopic (exact) mass is 516 g/mol. The van der Waals surface area contributed by atoms with E-state index >= 15 is 0 Å². The van der Waals surface area contributed by atoms with E-state index in [4.69, 9.17) is 0 Å². The fourth-order valence-corrected chi connectivity index (χ4v) is 6.40. The number of aromatic nitrogens is 4. The van der Waals surface area contributed by atoms with Crippen LogP contribution in [0.4, 0.5) is 0 Å². The summed E-state index contributed by atoms with van der Waals surface area (Å²) in [6, 6.07) is 18.5. The summed E-state index contributed by atoms with van der Waals surface area (Å²) in [6.45, 7) is 3.16. The number of fused-ring (bicyclic) bond motifs is 2. The molecule has 0 aliphatic rings. The van der Waals surface area contributed by atoms with E-state index in [0.717, 1.165) is 0 Å². The Morgan fingerprint density at radius 1 is 0.639 bits per heavy atom. The van der Waals surface area contributed by atoms with Gasteiger partial charge in [-0.15, -0.1) is 17.9 Å². The lowest BCUT2D eigenvalue weighted by atomic mass is 10.2. The number of benzene rings is 2. The maximum absolute atomic E-state index is 13.2. The van der Waals surface area contributed by atoms with Crippen LogP contribution in [0.3, 0.4) is 0 Å². The number of para-hydroxylation sites is 2. The van der Waals surface area contributed by atoms with Gasteiger partial charge in [0.25, 0.3) is 11.8 Å². The van der Waals surface area contributed by atoms with Crippen LogP contribution in [0.2, 0.25) is 0 Å². The Kier molecular flexibility index (Phi) is 5.02. The van der Waals surface area contributed by atoms with Gasteiger partial charge in [0.15, 0.2) is 11.4 Å². The Hall–Kier alpha value is -4.28. The van der Waals surface area contributed by atoms with Gasteiger partial charge in [0.05, 0.1) is 10.8 Å². The van der Waals surface area contributed by atoms with Crippen LogP contribution in [0.1, 0.15) is 11.1 Å². The molecule has 2 N–H and O–H groups in total. The van der Waals surface area contributed by atoms with Crippen molar-refractivity contribution in [3.8, 4) is 34.5 Å². The first-order valence-corrected chi connectivity index (χ1v) is 12.8. The lowest BCUT2D eigenvalue weighted by Gasteiger charge is -2.06. The second-order valence-electron chi connectivity index (χ2n) is 8.33. The Bertz CT molecular complexity index is 1780. The van der Waals surface area contributed by atoms with Gasteiger partial charge in [0.2, 0.25) is 0 Å². The quantitative estimate of drug-likeness (QED) is 0.353. The molecular weight excluding hydrogens is 496 g/mol. The molecule has 8 nitrogen and oxygen atoms in total. The van der Waals surface area contributed by atoms with E-state index in [1.54, 1.807) is 31.8 Å². The average molecular weight is 517 g/mol. The van der Waals surface area contributed by atoms with Crippen molar-refractivity contribution < 1.29 is 19.0 Å². The molecule has 0 amide bonds. The first-order chi connectivity index (χ1) is 17.4. The molecule has 4 heterocycles. The van der Waals surface area contributed by atoms with Crippen LogP contribution < -0.4 is 19.9 Å². The van der Waals surface area contributed by atoms with Crippen LogP contribution in [0, 0.1) is 13.8 Å². The van der Waals surface area contributed by atoms with Gasteiger partial charge < -0.3 is 10.2 Å². The lowest BCUT2D eigenvalue weighted by Crippen LogP contribution is -2.38. The predicted octanol–water partition coefficient (Wildman–Crippen LogP) is 3.28. The Labute approximate surface area is 212 Å². The smallest absolute Gasteiger partial charge is 0.357 e. The fraction of sp³-hybridized carbons (Fsp3) is 0.0769. The fourth-order valence-electron chi connectivity index (χ4n) is 4.34. The van der Waals surface area contributed by atoms with Crippen molar-refractivity contribution in [3.63, 3.8) is 0 Å². The van der Waals surface area contributed by atoms with Crippen molar-refractivity contribution in [3.05, 3.63) is 103 Å². The molecule has 0 atom stereocenters. The molecule has 0 spiro atoms. The molecule has 6 aromatic rings. The molecule has 0 aliphatic heterocycles. The van der Waals surface area contributed by atoms with Crippen LogP contribution >= 0.6 is 22.7 Å². The molecule has 0 bridgehead atoms. The molecular formula is C26H20N4O4S2+2. The number of hydrogen-bond donors (Lipinski definition) is 2. The summed E-state index contributed by atoms with van der Waals surface area (Å²) >= 11 is 2.60. The topological polar surface area (TPSA) is 92.7 Å². The van der Waals surface area contributed by atoms with Gasteiger partial charge in [-0.05, 0) is 38.1 Å². The zero-order valence-electron chi connectivity index (χ0n) is 19.2. The SMILES string of the molecule is Cc1c(O)[n+]2c(-c3csc4n(-c5ccccc5)c(=O)c(C)c(O)[n+]34)csc2n(-c2ccccc2)c1=O. The van der Waals surface area contributed by atoms with E-state index in [2.05, 4.69) is 0 Å². The van der Waals surface area contributed by atoms with Crippen LogP contribution in [0.5, 0.6) is 11.8 Å². The summed E-state index contributed by atoms with van der Waals surface area (Å²) in [5.41, 5.74) is 2.27. The van der Waals surface area contributed by atoms with Crippen molar-refractivity contribution in [2.45, 2.75) is 13.8 Å². The summed E-state index contributed by atoms with van der Waals surface area (Å²) in [5, 5.41) is 25.8. The van der Waals surface area contributed by atoms with Gasteiger partial charge in [-0.1, -0.05) is 59.1 Å². The predicted molar refractivity (Wildman–Crippen MR) is 138 cm³/mol. The van der Waals surface area contributed by atoms with Gasteiger partial charge >= 0.3 is 21.0 Å². The highest BCUT2D eigenvalue weighted by molar-refractivity contribution is 7.15. The molecule has 6 rings (SSSR count). The Morgan fingerprint density at radius 2 is 1.00 bits per heavy atom. The van der Waals surface area contributed by atoms with E-state index in [9.17, 15) is 19.8 Å². The van der Waals surface area contributed by atoms with Crippen molar-refractivity contribution >= 4 is 32.6 Å². The number of aromatic hydroxyl groups is 2. The minimum absolute atomic E-state index is 0.175. The van der Waals surface area contributed by atoms with E-state index in [0.29, 0.717) is 32.7 Å². The number of hydrogen-bond acceptors (Lipinski definition) is 6. The summed E-state index contributed by atoms with van der Waals surface area (Å²) in [7, 11) is 0. The van der Waals surface area contributed by atoms with E-state index in [1.807, 2.05) is 71.4 Å². The molecule has 0 aliphatic carbocycles. The van der Waals surface area contributed by atoms with Gasteiger partial charge in [-0.2, -0.15) is 0 Å². The summed E-state index contributed by atoms with van der Waals surface area (Å²) in [4.78, 5) is 27.4. The van der Waals surface area contributed by atoms with E-state index in [1.165, 1.54) is 22.7 Å². The van der Waals surface area contributed by atoms with Crippen LogP contribution in [0.15, 0.2) is 81.0 Å². The molecule has 0 fully saturated rings. The highest BCUT2D eigenvalue weighted by Gasteiger charge is 2.33. The number of rotatable bonds is 3. The molecule has 0 saturated carbocycles. The van der Waals surface area contributed by atoms with Crippen molar-refractivity contribution in [2.75, 3.05) is 0 Å². The summed E-state index contributed by atoms with van der Waals surface area (Å²) in [6.07, 6.45) is 0. The molecule has 4 aromatic heterocycles. The van der Waals surface area contributed by atoms with Gasteiger partial charge in [-0.3, -0.25) is 0 Å². The molecule has 0 unspecified atom stereocenters. The summed E-state index contributed by atoms with van der Waals surface area (Å²) < 4.78 is 6.34. The van der Waals surface area contributed by atoms with Crippen LogP contribution in [-0.4, -0.2) is 19.3 Å². The molecule has 0 saturated heterocycles. The second kappa shape index (κ2) is 8.14. The second-order valence-corrected chi connectivity index (χ2v) is 10.0. The molecule has 10 heteroatoms. The van der Waals surface area contributed by atoms with Crippen molar-refractivity contribution in [1.82, 2.24) is 9.13 Å². The largest absolute Gasteiger partial charge is 0.477 e. The standard InChI is InChI=1S/C26H18N4O4S2/c1-15-21(31)27(17-9-5-3-6-10-17)25-29(23(15)33)19(13-35-25)20-14-36-26-28(18-11-7-4-8-12-18)22(32)16(2)24(34)30(20)26/h3-14H,1-2H3/p+2. The first-order valence-electron chi connectivity index (χ1n) is 11.1. The average Bonchev–Trinajstić information content (AvgIpc) is 3.52. The Morgan fingerprint density at radius 3 is 1.36 bits per heavy atom. The molecule has 0 radical (unpaired) electrons. The third kappa shape index (κ3) is 3.05. The number of nitrogens with zero attached hydrogens (tertiary/aromatic N) is 4. The zero-order chi connectivity index (χ0) is 25.1. The summed E-state index contributed by atoms with van der Waals surface area (Å²) in [5.74, 6) is -0.350. The maximum Gasteiger partial charge on any atom is 0.357 e. The van der Waals surface area contributed by atoms with Crippen molar-refractivity contribution in [1.29, 1.82) is 0 Å². The molecule has 2 aromatic carbocycles. The highest BCUT2D eigenvalue weighted by atomic mass is 32.1. The van der Waals surface area contributed by atoms with Crippen LogP contribution in [0.25, 0.3) is 32.7 Å². The zero-order valence-corrected chi connectivity index (χ0v) is 20.9. The molecule has 36 heavy (non-hydrogen) atoms.